The van der Waals surface area contributed by atoms with Crippen molar-refractivity contribution in [3.05, 3.63) is 35.9 Å². The van der Waals surface area contributed by atoms with Gasteiger partial charge in [0, 0.05) is 6.54 Å². The van der Waals surface area contributed by atoms with Crippen LogP contribution < -0.4 is 10.6 Å². The number of nitrogens with one attached hydrogen (secondary N) is 2. The Morgan fingerprint density at radius 2 is 1.91 bits per heavy atom. The minimum atomic E-state index is -4.59. The van der Waals surface area contributed by atoms with Crippen molar-refractivity contribution in [2.24, 2.45) is 0 Å². The van der Waals surface area contributed by atoms with Crippen molar-refractivity contribution in [1.82, 2.24) is 10.6 Å². The Balaban J connectivity index is 2.52. The van der Waals surface area contributed by atoms with Crippen LogP contribution in [0.25, 0.3) is 0 Å². The van der Waals surface area contributed by atoms with Crippen LogP contribution in [0.15, 0.2) is 30.3 Å². The highest BCUT2D eigenvalue weighted by Crippen LogP contribution is 2.37. The molecule has 2 amide bonds. The van der Waals surface area contributed by atoms with Crippen LogP contribution in [-0.4, -0.2) is 29.0 Å². The highest BCUT2D eigenvalue weighted by molar-refractivity contribution is 7.46. The molecule has 0 spiro atoms. The molecule has 0 bridgehead atoms. The SMILES string of the molecule is CCCCCCNC(=O)N[C@H](COP(=O)(O)O)c1ccccc1. The third kappa shape index (κ3) is 9.36. The van der Waals surface area contributed by atoms with Crippen LogP contribution in [0.5, 0.6) is 0 Å². The molecule has 1 rings (SSSR count). The summed E-state index contributed by atoms with van der Waals surface area (Å²) in [6, 6.07) is 7.88. The largest absolute Gasteiger partial charge is 0.469 e. The number of carbonyl (C=O) groups excluding carboxylic acids is 1. The quantitative estimate of drug-likeness (QED) is 0.385. The zero-order chi connectivity index (χ0) is 17.1. The van der Waals surface area contributed by atoms with Gasteiger partial charge in [0.1, 0.15) is 0 Å². The van der Waals surface area contributed by atoms with Gasteiger partial charge >= 0.3 is 13.9 Å². The molecule has 0 heterocycles. The van der Waals surface area contributed by atoms with Gasteiger partial charge in [-0.1, -0.05) is 56.5 Å². The van der Waals surface area contributed by atoms with Gasteiger partial charge in [-0.05, 0) is 12.0 Å². The van der Waals surface area contributed by atoms with Crippen molar-refractivity contribution in [2.75, 3.05) is 13.2 Å². The van der Waals surface area contributed by atoms with Crippen molar-refractivity contribution in [3.8, 4) is 0 Å². The van der Waals surface area contributed by atoms with Crippen molar-refractivity contribution in [1.29, 1.82) is 0 Å². The van der Waals surface area contributed by atoms with Crippen molar-refractivity contribution >= 4 is 13.9 Å². The fourth-order valence-electron chi connectivity index (χ4n) is 2.04. The summed E-state index contributed by atoms with van der Waals surface area (Å²) in [6.45, 7) is 2.37. The molecular weight excluding hydrogens is 319 g/mol. The molecule has 0 unspecified atom stereocenters. The summed E-state index contributed by atoms with van der Waals surface area (Å²) >= 11 is 0. The van der Waals surface area contributed by atoms with Gasteiger partial charge in [0.25, 0.3) is 0 Å². The lowest BCUT2D eigenvalue weighted by Crippen LogP contribution is -2.39. The summed E-state index contributed by atoms with van der Waals surface area (Å²) in [7, 11) is -4.59. The second kappa shape index (κ2) is 10.4. The molecule has 0 saturated carbocycles. The second-order valence-corrected chi connectivity index (χ2v) is 6.45. The smallest absolute Gasteiger partial charge is 0.338 e. The van der Waals surface area contributed by atoms with E-state index < -0.39 is 13.9 Å². The maximum atomic E-state index is 11.9. The third-order valence-electron chi connectivity index (χ3n) is 3.23. The number of unbranched alkanes of at least 4 members (excludes halogenated alkanes) is 3. The first-order chi connectivity index (χ1) is 10.9. The van der Waals surface area contributed by atoms with Gasteiger partial charge in [0.15, 0.2) is 0 Å². The number of hydrogen-bond acceptors (Lipinski definition) is 3. The predicted molar refractivity (Wildman–Crippen MR) is 87.9 cm³/mol. The molecule has 7 nitrogen and oxygen atoms in total. The Morgan fingerprint density at radius 1 is 1.22 bits per heavy atom. The van der Waals surface area contributed by atoms with Gasteiger partial charge in [-0.3, -0.25) is 4.52 Å². The molecule has 1 aromatic carbocycles. The van der Waals surface area contributed by atoms with Crippen molar-refractivity contribution in [3.63, 3.8) is 0 Å². The maximum Gasteiger partial charge on any atom is 0.469 e. The Bertz CT molecular complexity index is 506. The van der Waals surface area contributed by atoms with Crippen molar-refractivity contribution in [2.45, 2.75) is 38.6 Å². The topological polar surface area (TPSA) is 108 Å². The Labute approximate surface area is 136 Å². The van der Waals surface area contributed by atoms with Crippen LogP contribution in [-0.2, 0) is 9.09 Å². The lowest BCUT2D eigenvalue weighted by atomic mass is 10.1. The van der Waals surface area contributed by atoms with Gasteiger partial charge in [0.2, 0.25) is 0 Å². The number of benzene rings is 1. The summed E-state index contributed by atoms with van der Waals surface area (Å²) in [5.41, 5.74) is 0.710. The molecule has 0 aliphatic heterocycles. The minimum absolute atomic E-state index is 0.308. The van der Waals surface area contributed by atoms with Crippen molar-refractivity contribution < 1.29 is 23.7 Å². The number of hydrogen-bond donors (Lipinski definition) is 4. The molecule has 0 fully saturated rings. The maximum absolute atomic E-state index is 11.9. The van der Waals surface area contributed by atoms with Gasteiger partial charge in [0.05, 0.1) is 12.6 Å². The Morgan fingerprint density at radius 3 is 2.52 bits per heavy atom. The molecule has 0 aliphatic carbocycles. The van der Waals surface area contributed by atoms with Crippen LogP contribution in [0.3, 0.4) is 0 Å². The molecule has 0 radical (unpaired) electrons. The number of phosphoric acid groups is 1. The second-order valence-electron chi connectivity index (χ2n) is 5.21. The molecular formula is C15H25N2O5P. The zero-order valence-electron chi connectivity index (χ0n) is 13.3. The highest BCUT2D eigenvalue weighted by Gasteiger charge is 2.20. The summed E-state index contributed by atoms with van der Waals surface area (Å²) in [5.74, 6) is 0. The van der Waals surface area contributed by atoms with E-state index in [1.54, 1.807) is 24.3 Å². The summed E-state index contributed by atoms with van der Waals surface area (Å²) in [5, 5.41) is 5.42. The fraction of sp³-hybridized carbons (Fsp3) is 0.533. The van der Waals surface area contributed by atoms with E-state index in [1.165, 1.54) is 0 Å². The van der Waals surface area contributed by atoms with E-state index in [9.17, 15) is 9.36 Å². The highest BCUT2D eigenvalue weighted by atomic mass is 31.2. The van der Waals surface area contributed by atoms with E-state index >= 15 is 0 Å². The van der Waals surface area contributed by atoms with E-state index in [0.717, 1.165) is 25.7 Å². The summed E-state index contributed by atoms with van der Waals surface area (Å²) in [6.07, 6.45) is 4.21. The molecule has 1 aromatic rings. The van der Waals surface area contributed by atoms with Gasteiger partial charge in [-0.15, -0.1) is 0 Å². The monoisotopic (exact) mass is 344 g/mol. The minimum Gasteiger partial charge on any atom is -0.338 e. The first kappa shape index (κ1) is 19.6. The standard InChI is InChI=1S/C15H25N2O5P/c1-2-3-4-8-11-16-15(18)17-14(12-22-23(19,20)21)13-9-6-5-7-10-13/h5-7,9-10,14H,2-4,8,11-12H2,1H3,(H2,16,17,18)(H2,19,20,21)/t14-/m1/s1. The molecule has 1 atom stereocenters. The van der Waals surface area contributed by atoms with E-state index in [0.29, 0.717) is 12.1 Å². The number of phosphoric ester groups is 1. The average molecular weight is 344 g/mol. The van der Waals surface area contributed by atoms with E-state index in [-0.39, 0.29) is 12.6 Å². The summed E-state index contributed by atoms with van der Waals surface area (Å²) < 4.78 is 15.4. The van der Waals surface area contributed by atoms with Crippen LogP contribution in [0, 0.1) is 0 Å². The van der Waals surface area contributed by atoms with E-state index in [2.05, 4.69) is 22.1 Å². The zero-order valence-corrected chi connectivity index (χ0v) is 14.2. The molecule has 8 heteroatoms. The number of amides is 2. The third-order valence-corrected chi connectivity index (χ3v) is 3.72. The fourth-order valence-corrected chi connectivity index (χ4v) is 2.38. The first-order valence-corrected chi connectivity index (χ1v) is 9.25. The molecule has 130 valence electrons. The van der Waals surface area contributed by atoms with Crippen LogP contribution in [0.4, 0.5) is 4.79 Å². The molecule has 0 aromatic heterocycles. The Kier molecular flexibility index (Phi) is 8.87. The van der Waals surface area contributed by atoms with E-state index in [4.69, 9.17) is 9.79 Å². The van der Waals surface area contributed by atoms with Crippen LogP contribution >= 0.6 is 7.82 Å². The van der Waals surface area contributed by atoms with Gasteiger partial charge in [-0.25, -0.2) is 9.36 Å². The number of urea groups is 1. The lowest BCUT2D eigenvalue weighted by molar-refractivity contribution is 0.175. The predicted octanol–water partition coefficient (Wildman–Crippen LogP) is 2.72. The molecule has 4 N–H and O–H groups in total. The van der Waals surface area contributed by atoms with Gasteiger partial charge < -0.3 is 20.4 Å². The Hall–Kier alpha value is -1.40. The van der Waals surface area contributed by atoms with Crippen LogP contribution in [0.2, 0.25) is 0 Å². The first-order valence-electron chi connectivity index (χ1n) is 7.71. The molecule has 23 heavy (non-hydrogen) atoms. The normalized spacial score (nSPS) is 12.7. The lowest BCUT2D eigenvalue weighted by Gasteiger charge is -2.20. The molecule has 0 saturated heterocycles. The number of carbonyl (C=O) groups is 1. The average Bonchev–Trinajstić information content (AvgIpc) is 2.51. The summed E-state index contributed by atoms with van der Waals surface area (Å²) in [4.78, 5) is 29.6. The van der Waals surface area contributed by atoms with Gasteiger partial charge in [-0.2, -0.15) is 0 Å². The molecule has 0 aliphatic rings. The number of rotatable bonds is 10. The van der Waals surface area contributed by atoms with E-state index in [1.807, 2.05) is 6.07 Å². The van der Waals surface area contributed by atoms with Crippen LogP contribution in [0.1, 0.15) is 44.2 Å².